The lowest BCUT2D eigenvalue weighted by Crippen LogP contribution is -2.50. The maximum Gasteiger partial charge on any atom is 0.374 e. The number of hydrogen-bond acceptors (Lipinski definition) is 7. The molecule has 39 heavy (non-hydrogen) atoms. The molecule has 2 saturated heterocycles. The molecule has 2 bridgehead atoms. The Labute approximate surface area is 229 Å². The lowest BCUT2D eigenvalue weighted by Gasteiger charge is -2.45. The molecule has 2 unspecified atom stereocenters. The fourth-order valence-corrected chi connectivity index (χ4v) is 7.31. The first-order chi connectivity index (χ1) is 19.1. The van der Waals surface area contributed by atoms with Gasteiger partial charge in [-0.25, -0.2) is 9.78 Å². The number of rotatable bonds is 7. The van der Waals surface area contributed by atoms with E-state index in [1.807, 2.05) is 28.8 Å². The molecule has 6 rings (SSSR count). The number of aromatic nitrogens is 2. The maximum absolute atomic E-state index is 13.9. The van der Waals surface area contributed by atoms with Crippen LogP contribution in [0.25, 0.3) is 11.0 Å². The summed E-state index contributed by atoms with van der Waals surface area (Å²) in [6, 6.07) is 13.2. The summed E-state index contributed by atoms with van der Waals surface area (Å²) >= 11 is 0. The number of anilines is 1. The Morgan fingerprint density at radius 3 is 2.41 bits per heavy atom. The molecule has 2 aromatic heterocycles. The number of carbonyl (C=O) groups is 1. The number of hydrogen-bond donors (Lipinski definition) is 1. The second kappa shape index (κ2) is 11.5. The third kappa shape index (κ3) is 5.36. The van der Waals surface area contributed by atoms with Crippen molar-refractivity contribution in [2.45, 2.75) is 108 Å². The second-order valence-electron chi connectivity index (χ2n) is 11.4. The molecule has 3 fully saturated rings. The van der Waals surface area contributed by atoms with Gasteiger partial charge < -0.3 is 19.0 Å². The van der Waals surface area contributed by atoms with Crippen molar-refractivity contribution in [3.05, 3.63) is 58.3 Å². The number of para-hydroxylation sites is 2. The van der Waals surface area contributed by atoms with Crippen molar-refractivity contribution in [1.29, 1.82) is 0 Å². The van der Waals surface area contributed by atoms with Gasteiger partial charge in [0.15, 0.2) is 5.82 Å². The minimum absolute atomic E-state index is 0.0883. The number of esters is 1. The van der Waals surface area contributed by atoms with Crippen LogP contribution in [0.5, 0.6) is 0 Å². The lowest BCUT2D eigenvalue weighted by molar-refractivity contribution is 0.0487. The van der Waals surface area contributed by atoms with Gasteiger partial charge in [-0.2, -0.15) is 0 Å². The monoisotopic (exact) mass is 532 g/mol. The van der Waals surface area contributed by atoms with Gasteiger partial charge in [0.2, 0.25) is 5.76 Å². The normalized spacial score (nSPS) is 24.4. The smallest absolute Gasteiger partial charge is 0.374 e. The van der Waals surface area contributed by atoms with E-state index in [4.69, 9.17) is 9.15 Å². The van der Waals surface area contributed by atoms with E-state index in [-0.39, 0.29) is 30.5 Å². The molecule has 0 amide bonds. The summed E-state index contributed by atoms with van der Waals surface area (Å²) in [4.78, 5) is 33.4. The Morgan fingerprint density at radius 2 is 1.67 bits per heavy atom. The molecular formula is C31H40N4O4. The molecule has 4 heterocycles. The van der Waals surface area contributed by atoms with Gasteiger partial charge in [0.25, 0.3) is 5.56 Å². The van der Waals surface area contributed by atoms with E-state index in [1.165, 1.54) is 57.8 Å². The highest BCUT2D eigenvalue weighted by Gasteiger charge is 2.44. The molecule has 0 spiro atoms. The van der Waals surface area contributed by atoms with E-state index in [1.54, 1.807) is 19.1 Å². The number of furan rings is 1. The van der Waals surface area contributed by atoms with Gasteiger partial charge in [-0.1, -0.05) is 44.2 Å². The van der Waals surface area contributed by atoms with Crippen LogP contribution in [0.1, 0.15) is 99.9 Å². The zero-order valence-corrected chi connectivity index (χ0v) is 22.9. The standard InChI is InChI=1S/C31H40N4O4/c1-2-38-31(37)28-17-16-25(39-28)20-32-29-30(36)35(27-13-9-8-12-26(27)33-29)24-18-22-14-15-23(19-24)34(22)21-10-6-4-3-5-7-11-21/h8-9,12-13,16-17,21-24H,2-7,10-11,14-15,18-20H2,1H3,(H,32,33)/t22-,23?,24?/m0/s1. The number of nitrogens with zero attached hydrogens (tertiary/aromatic N) is 3. The number of fused-ring (bicyclic) bond motifs is 3. The summed E-state index contributed by atoms with van der Waals surface area (Å²) in [5.74, 6) is 0.529. The van der Waals surface area contributed by atoms with Crippen molar-refractivity contribution in [3.8, 4) is 0 Å². The molecule has 8 heteroatoms. The minimum atomic E-state index is -0.490. The van der Waals surface area contributed by atoms with Crippen LogP contribution in [0.15, 0.2) is 45.6 Å². The van der Waals surface area contributed by atoms with E-state index < -0.39 is 5.97 Å². The number of carbonyl (C=O) groups excluding carboxylic acids is 1. The molecule has 1 saturated carbocycles. The summed E-state index contributed by atoms with van der Waals surface area (Å²) in [6.45, 7) is 2.30. The van der Waals surface area contributed by atoms with Gasteiger partial charge in [0, 0.05) is 24.2 Å². The second-order valence-corrected chi connectivity index (χ2v) is 11.4. The molecule has 1 aromatic carbocycles. The van der Waals surface area contributed by atoms with Crippen LogP contribution in [-0.4, -0.2) is 45.2 Å². The Bertz CT molecular complexity index is 1340. The Kier molecular flexibility index (Phi) is 7.73. The Balaban J connectivity index is 1.24. The van der Waals surface area contributed by atoms with Crippen LogP contribution in [0.4, 0.5) is 5.82 Å². The SMILES string of the molecule is CCOC(=O)c1ccc(CNc2nc3ccccc3n(C3CC4CC[C@@H](C3)N4C3CCCCCCC3)c2=O)o1. The van der Waals surface area contributed by atoms with Crippen molar-refractivity contribution in [2.75, 3.05) is 11.9 Å². The third-order valence-electron chi connectivity index (χ3n) is 8.99. The first-order valence-electron chi connectivity index (χ1n) is 14.9. The number of ether oxygens (including phenoxy) is 1. The molecule has 208 valence electrons. The van der Waals surface area contributed by atoms with E-state index >= 15 is 0 Å². The topological polar surface area (TPSA) is 89.6 Å². The van der Waals surface area contributed by atoms with Crippen LogP contribution in [0.2, 0.25) is 0 Å². The van der Waals surface area contributed by atoms with Gasteiger partial charge in [0.05, 0.1) is 24.2 Å². The number of benzene rings is 1. The van der Waals surface area contributed by atoms with Crippen molar-refractivity contribution < 1.29 is 13.9 Å². The van der Waals surface area contributed by atoms with Crippen LogP contribution in [-0.2, 0) is 11.3 Å². The van der Waals surface area contributed by atoms with Gasteiger partial charge in [0.1, 0.15) is 5.76 Å². The first-order valence-corrected chi connectivity index (χ1v) is 14.9. The number of nitrogens with one attached hydrogen (secondary N) is 1. The lowest BCUT2D eigenvalue weighted by atomic mass is 9.89. The van der Waals surface area contributed by atoms with Crippen LogP contribution < -0.4 is 10.9 Å². The molecular weight excluding hydrogens is 492 g/mol. The van der Waals surface area contributed by atoms with Crippen LogP contribution >= 0.6 is 0 Å². The Morgan fingerprint density at radius 1 is 0.949 bits per heavy atom. The average Bonchev–Trinajstić information content (AvgIpc) is 3.49. The molecule has 3 aliphatic rings. The third-order valence-corrected chi connectivity index (χ3v) is 8.99. The van der Waals surface area contributed by atoms with E-state index in [0.717, 1.165) is 23.9 Å². The van der Waals surface area contributed by atoms with Gasteiger partial charge in [-0.15, -0.1) is 0 Å². The zero-order valence-electron chi connectivity index (χ0n) is 22.9. The summed E-state index contributed by atoms with van der Waals surface area (Å²) in [6.07, 6.45) is 14.0. The first kappa shape index (κ1) is 26.1. The molecule has 1 aliphatic carbocycles. The summed E-state index contributed by atoms with van der Waals surface area (Å²) in [5, 5.41) is 3.20. The molecule has 8 nitrogen and oxygen atoms in total. The molecule has 3 aromatic rings. The average molecular weight is 533 g/mol. The van der Waals surface area contributed by atoms with Crippen molar-refractivity contribution in [2.24, 2.45) is 0 Å². The predicted octanol–water partition coefficient (Wildman–Crippen LogP) is 6.06. The van der Waals surface area contributed by atoms with Crippen LogP contribution in [0.3, 0.4) is 0 Å². The van der Waals surface area contributed by atoms with Crippen molar-refractivity contribution >= 4 is 22.8 Å². The summed E-state index contributed by atoms with van der Waals surface area (Å²) in [5.41, 5.74) is 1.62. The zero-order chi connectivity index (χ0) is 26.8. The minimum Gasteiger partial charge on any atom is -0.460 e. The highest BCUT2D eigenvalue weighted by Crippen LogP contribution is 2.44. The van der Waals surface area contributed by atoms with Crippen LogP contribution in [0, 0.1) is 0 Å². The Hall–Kier alpha value is -3.13. The molecule has 3 atom stereocenters. The predicted molar refractivity (Wildman–Crippen MR) is 151 cm³/mol. The van der Waals surface area contributed by atoms with E-state index in [2.05, 4.69) is 15.2 Å². The summed E-state index contributed by atoms with van der Waals surface area (Å²) < 4.78 is 12.7. The van der Waals surface area contributed by atoms with Gasteiger partial charge in [-0.05, 0) is 69.7 Å². The maximum atomic E-state index is 13.9. The summed E-state index contributed by atoms with van der Waals surface area (Å²) in [7, 11) is 0. The fourth-order valence-electron chi connectivity index (χ4n) is 7.31. The highest BCUT2D eigenvalue weighted by atomic mass is 16.5. The quantitative estimate of drug-likeness (QED) is 0.370. The molecule has 2 aliphatic heterocycles. The van der Waals surface area contributed by atoms with Gasteiger partial charge >= 0.3 is 5.97 Å². The largest absolute Gasteiger partial charge is 0.460 e. The van der Waals surface area contributed by atoms with Gasteiger partial charge in [-0.3, -0.25) is 9.69 Å². The number of piperidine rings is 1. The van der Waals surface area contributed by atoms with Crippen molar-refractivity contribution in [3.63, 3.8) is 0 Å². The fraction of sp³-hybridized carbons (Fsp3) is 0.581. The molecule has 0 radical (unpaired) electrons. The van der Waals surface area contributed by atoms with E-state index in [0.29, 0.717) is 29.7 Å². The van der Waals surface area contributed by atoms with Crippen molar-refractivity contribution in [1.82, 2.24) is 14.5 Å². The molecule has 1 N–H and O–H groups in total. The highest BCUT2D eigenvalue weighted by molar-refractivity contribution is 5.86. The van der Waals surface area contributed by atoms with E-state index in [9.17, 15) is 9.59 Å².